The summed E-state index contributed by atoms with van der Waals surface area (Å²) in [7, 11) is 0. The van der Waals surface area contributed by atoms with Gasteiger partial charge in [0.15, 0.2) is 0 Å². The van der Waals surface area contributed by atoms with Crippen molar-refractivity contribution in [2.45, 2.75) is 49.9 Å². The van der Waals surface area contributed by atoms with Gasteiger partial charge in [-0.2, -0.15) is 0 Å². The molecular weight excluding hydrogens is 464 g/mol. The summed E-state index contributed by atoms with van der Waals surface area (Å²) in [5.41, 5.74) is 3.86. The highest BCUT2D eigenvalue weighted by molar-refractivity contribution is 8.00. The molecule has 2 unspecified atom stereocenters. The van der Waals surface area contributed by atoms with Crippen LogP contribution >= 0.6 is 11.8 Å². The fraction of sp³-hybridized carbons (Fsp3) is 0.444. The first-order valence-corrected chi connectivity index (χ1v) is 13.3. The summed E-state index contributed by atoms with van der Waals surface area (Å²) in [6, 6.07) is 15.5. The van der Waals surface area contributed by atoms with Crippen LogP contribution in [0.25, 0.3) is 11.1 Å². The second-order valence-electron chi connectivity index (χ2n) is 9.58. The number of carbonyl (C=O) groups is 3. The minimum absolute atomic E-state index is 0.0318. The Morgan fingerprint density at radius 1 is 1.09 bits per heavy atom. The molecule has 5 rings (SSSR count). The van der Waals surface area contributed by atoms with Gasteiger partial charge >= 0.3 is 12.1 Å². The molecule has 184 valence electrons. The number of hydrogen-bond acceptors (Lipinski definition) is 5. The minimum atomic E-state index is -0.972. The van der Waals surface area contributed by atoms with E-state index in [1.807, 2.05) is 31.2 Å². The van der Waals surface area contributed by atoms with Gasteiger partial charge in [0.05, 0.1) is 10.8 Å². The van der Waals surface area contributed by atoms with Crippen molar-refractivity contribution < 1.29 is 24.2 Å². The molecule has 1 saturated carbocycles. The Kier molecular flexibility index (Phi) is 6.49. The third-order valence-corrected chi connectivity index (χ3v) is 9.09. The van der Waals surface area contributed by atoms with Crippen molar-refractivity contribution in [3.8, 4) is 11.1 Å². The van der Waals surface area contributed by atoms with Gasteiger partial charge in [-0.3, -0.25) is 4.79 Å². The highest BCUT2D eigenvalue weighted by Crippen LogP contribution is 2.46. The molecule has 2 N–H and O–H groups in total. The van der Waals surface area contributed by atoms with Crippen LogP contribution in [-0.2, 0) is 14.3 Å². The molecule has 2 aliphatic carbocycles. The van der Waals surface area contributed by atoms with E-state index < -0.39 is 23.5 Å². The maximum atomic E-state index is 13.5. The molecule has 0 spiro atoms. The molecule has 35 heavy (non-hydrogen) atoms. The average Bonchev–Trinajstić information content (AvgIpc) is 3.41. The monoisotopic (exact) mass is 494 g/mol. The molecule has 1 saturated heterocycles. The lowest BCUT2D eigenvalue weighted by Crippen LogP contribution is -2.57. The van der Waals surface area contributed by atoms with Crippen molar-refractivity contribution in [1.29, 1.82) is 0 Å². The number of rotatable bonds is 7. The van der Waals surface area contributed by atoms with Crippen LogP contribution in [0.2, 0.25) is 0 Å². The number of aliphatic carboxylic acids is 1. The average molecular weight is 495 g/mol. The Balaban J connectivity index is 1.23. The van der Waals surface area contributed by atoms with Crippen molar-refractivity contribution in [1.82, 2.24) is 10.2 Å². The second kappa shape index (κ2) is 9.57. The molecule has 2 aromatic carbocycles. The van der Waals surface area contributed by atoms with E-state index in [2.05, 4.69) is 29.6 Å². The summed E-state index contributed by atoms with van der Waals surface area (Å²) in [6.07, 6.45) is 2.30. The van der Waals surface area contributed by atoms with E-state index in [0.29, 0.717) is 25.0 Å². The minimum Gasteiger partial charge on any atom is -0.480 e. The number of nitrogens with one attached hydrogen (secondary N) is 1. The van der Waals surface area contributed by atoms with Crippen LogP contribution in [0.4, 0.5) is 4.79 Å². The topological polar surface area (TPSA) is 95.9 Å². The third-order valence-electron chi connectivity index (χ3n) is 7.64. The number of nitrogens with zero attached hydrogens (tertiary/aromatic N) is 1. The van der Waals surface area contributed by atoms with Crippen LogP contribution in [0.3, 0.4) is 0 Å². The van der Waals surface area contributed by atoms with Crippen molar-refractivity contribution in [2.24, 2.45) is 5.41 Å². The van der Waals surface area contributed by atoms with Crippen molar-refractivity contribution >= 4 is 29.7 Å². The molecule has 8 heteroatoms. The van der Waals surface area contributed by atoms with E-state index >= 15 is 0 Å². The molecule has 0 bridgehead atoms. The van der Waals surface area contributed by atoms with Gasteiger partial charge in [0.1, 0.15) is 12.6 Å². The van der Waals surface area contributed by atoms with Gasteiger partial charge in [0, 0.05) is 18.2 Å². The molecule has 2 fully saturated rings. The normalized spacial score (nSPS) is 22.1. The lowest BCUT2D eigenvalue weighted by atomic mass is 9.67. The molecule has 3 aliphatic rings. The molecule has 2 atom stereocenters. The van der Waals surface area contributed by atoms with Crippen LogP contribution < -0.4 is 5.32 Å². The zero-order chi connectivity index (χ0) is 24.6. The summed E-state index contributed by atoms with van der Waals surface area (Å²) < 4.78 is 5.64. The summed E-state index contributed by atoms with van der Waals surface area (Å²) >= 11 is 1.51. The standard InChI is InChI=1S/C27H30N2O5S/c1-2-23-29(22(15-35-23)24(30)31)25(32)27(12-7-13-27)16-28-26(33)34-14-21-19-10-5-3-8-17(19)18-9-4-6-11-20(18)21/h3-6,8-11,21-23H,2,7,12-16H2,1H3,(H,28,33)(H,30,31). The van der Waals surface area contributed by atoms with E-state index in [1.54, 1.807) is 4.90 Å². The van der Waals surface area contributed by atoms with Gasteiger partial charge in [-0.1, -0.05) is 61.9 Å². The summed E-state index contributed by atoms with van der Waals surface area (Å²) in [4.78, 5) is 39.5. The number of ether oxygens (including phenoxy) is 1. The van der Waals surface area contributed by atoms with Gasteiger partial charge in [0.25, 0.3) is 0 Å². The van der Waals surface area contributed by atoms with E-state index in [0.717, 1.165) is 28.7 Å². The molecule has 1 heterocycles. The zero-order valence-electron chi connectivity index (χ0n) is 19.7. The number of carbonyl (C=O) groups excluding carboxylic acids is 2. The largest absolute Gasteiger partial charge is 0.480 e. The Hall–Kier alpha value is -3.00. The van der Waals surface area contributed by atoms with Crippen LogP contribution in [0.15, 0.2) is 48.5 Å². The number of amides is 2. The van der Waals surface area contributed by atoms with Gasteiger partial charge in [-0.25, -0.2) is 9.59 Å². The number of hydrogen-bond donors (Lipinski definition) is 2. The maximum Gasteiger partial charge on any atom is 0.407 e. The van der Waals surface area contributed by atoms with Crippen molar-refractivity contribution in [3.05, 3.63) is 59.7 Å². The van der Waals surface area contributed by atoms with Gasteiger partial charge in [-0.05, 0) is 41.5 Å². The van der Waals surface area contributed by atoms with Crippen LogP contribution in [0.5, 0.6) is 0 Å². The first kappa shape index (κ1) is 23.7. The number of carboxylic acid groups (broad SMARTS) is 1. The van der Waals surface area contributed by atoms with E-state index in [4.69, 9.17) is 4.74 Å². The molecule has 1 aliphatic heterocycles. The molecular formula is C27H30N2O5S. The molecule has 0 aromatic heterocycles. The van der Waals surface area contributed by atoms with Crippen molar-refractivity contribution in [2.75, 3.05) is 18.9 Å². The third kappa shape index (κ3) is 4.18. The number of carboxylic acids is 1. The van der Waals surface area contributed by atoms with E-state index in [9.17, 15) is 19.5 Å². The number of benzene rings is 2. The fourth-order valence-electron chi connectivity index (χ4n) is 5.58. The number of thioether (sulfide) groups is 1. The van der Waals surface area contributed by atoms with Crippen LogP contribution in [-0.4, -0.2) is 58.3 Å². The van der Waals surface area contributed by atoms with Crippen molar-refractivity contribution in [3.63, 3.8) is 0 Å². The Morgan fingerprint density at radius 3 is 2.26 bits per heavy atom. The first-order chi connectivity index (χ1) is 16.9. The lowest BCUT2D eigenvalue weighted by Gasteiger charge is -2.44. The summed E-state index contributed by atoms with van der Waals surface area (Å²) in [5, 5.41) is 12.3. The quantitative estimate of drug-likeness (QED) is 0.590. The van der Waals surface area contributed by atoms with Gasteiger partial charge in [0.2, 0.25) is 5.91 Å². The van der Waals surface area contributed by atoms with E-state index in [-0.39, 0.29) is 30.4 Å². The Bertz CT molecular complexity index is 1100. The fourth-order valence-corrected chi connectivity index (χ4v) is 6.92. The van der Waals surface area contributed by atoms with Gasteiger partial charge in [-0.15, -0.1) is 11.8 Å². The summed E-state index contributed by atoms with van der Waals surface area (Å²) in [6.45, 7) is 2.33. The SMILES string of the molecule is CCC1SCC(C(=O)O)N1C(=O)C1(CNC(=O)OCC2c3ccccc3-c3ccccc32)CCC1. The van der Waals surface area contributed by atoms with Gasteiger partial charge < -0.3 is 20.1 Å². The Morgan fingerprint density at radius 2 is 1.71 bits per heavy atom. The number of alkyl carbamates (subject to hydrolysis) is 1. The molecule has 0 radical (unpaired) electrons. The van der Waals surface area contributed by atoms with E-state index in [1.165, 1.54) is 11.8 Å². The summed E-state index contributed by atoms with van der Waals surface area (Å²) in [5.74, 6) is -0.765. The maximum absolute atomic E-state index is 13.5. The van der Waals surface area contributed by atoms with Crippen LogP contribution in [0, 0.1) is 5.41 Å². The highest BCUT2D eigenvalue weighted by atomic mass is 32.2. The number of fused-ring (bicyclic) bond motifs is 3. The second-order valence-corrected chi connectivity index (χ2v) is 10.8. The zero-order valence-corrected chi connectivity index (χ0v) is 20.6. The predicted molar refractivity (Wildman–Crippen MR) is 134 cm³/mol. The molecule has 7 nitrogen and oxygen atoms in total. The lowest BCUT2D eigenvalue weighted by molar-refractivity contribution is -0.157. The predicted octanol–water partition coefficient (Wildman–Crippen LogP) is 4.46. The first-order valence-electron chi connectivity index (χ1n) is 12.2. The smallest absolute Gasteiger partial charge is 0.407 e. The molecule has 2 aromatic rings. The van der Waals surface area contributed by atoms with Crippen LogP contribution in [0.1, 0.15) is 49.7 Å². The Labute approximate surface area is 209 Å². The highest BCUT2D eigenvalue weighted by Gasteiger charge is 2.52. The molecule has 2 amide bonds.